The Labute approximate surface area is 135 Å². The first-order chi connectivity index (χ1) is 11.2. The van der Waals surface area contributed by atoms with Gasteiger partial charge in [0.2, 0.25) is 11.7 Å². The zero-order chi connectivity index (χ0) is 16.7. The van der Waals surface area contributed by atoms with E-state index < -0.39 is 0 Å². The number of amides is 1. The van der Waals surface area contributed by atoms with E-state index in [4.69, 9.17) is 0 Å². The molecule has 1 aromatic carbocycles. The van der Waals surface area contributed by atoms with Gasteiger partial charge in [-0.2, -0.15) is 5.21 Å². The SMILES string of the molecule is C/C=C\C=C(/C)CN(C(=O)CC)c1cccc(-c2nn[nH]n2)c1. The summed E-state index contributed by atoms with van der Waals surface area (Å²) in [5.74, 6) is 0.584. The summed E-state index contributed by atoms with van der Waals surface area (Å²) >= 11 is 0. The van der Waals surface area contributed by atoms with Gasteiger partial charge in [0.1, 0.15) is 0 Å². The summed E-state index contributed by atoms with van der Waals surface area (Å²) < 4.78 is 0. The van der Waals surface area contributed by atoms with Crippen molar-refractivity contribution in [2.24, 2.45) is 0 Å². The first kappa shape index (κ1) is 16.6. The van der Waals surface area contributed by atoms with Gasteiger partial charge in [-0.25, -0.2) is 0 Å². The zero-order valence-corrected chi connectivity index (χ0v) is 13.7. The molecule has 0 aliphatic carbocycles. The van der Waals surface area contributed by atoms with E-state index in [0.29, 0.717) is 18.8 Å². The summed E-state index contributed by atoms with van der Waals surface area (Å²) in [6.07, 6.45) is 6.40. The molecule has 0 unspecified atom stereocenters. The highest BCUT2D eigenvalue weighted by Crippen LogP contribution is 2.23. The second-order valence-electron chi connectivity index (χ2n) is 5.16. The number of H-pyrrole nitrogens is 1. The molecule has 1 N–H and O–H groups in total. The molecule has 1 heterocycles. The Morgan fingerprint density at radius 1 is 1.39 bits per heavy atom. The number of benzene rings is 1. The Hall–Kier alpha value is -2.76. The Balaban J connectivity index is 2.32. The molecule has 2 rings (SSSR count). The second kappa shape index (κ2) is 8.03. The summed E-state index contributed by atoms with van der Waals surface area (Å²) in [6, 6.07) is 7.61. The maximum absolute atomic E-state index is 12.4. The van der Waals surface area contributed by atoms with Crippen LogP contribution in [-0.2, 0) is 4.79 Å². The Morgan fingerprint density at radius 2 is 2.22 bits per heavy atom. The molecular formula is C17H21N5O. The van der Waals surface area contributed by atoms with Crippen LogP contribution < -0.4 is 4.90 Å². The second-order valence-corrected chi connectivity index (χ2v) is 5.16. The molecule has 0 aliphatic heterocycles. The molecule has 1 aromatic heterocycles. The number of anilines is 1. The number of allylic oxidation sites excluding steroid dienone is 3. The lowest BCUT2D eigenvalue weighted by molar-refractivity contribution is -0.118. The fourth-order valence-electron chi connectivity index (χ4n) is 2.17. The molecule has 0 aliphatic rings. The van der Waals surface area contributed by atoms with Crippen molar-refractivity contribution >= 4 is 11.6 Å². The van der Waals surface area contributed by atoms with E-state index in [1.54, 1.807) is 4.90 Å². The number of carbonyl (C=O) groups excluding carboxylic acids is 1. The van der Waals surface area contributed by atoms with Crippen LogP contribution in [0.3, 0.4) is 0 Å². The van der Waals surface area contributed by atoms with Gasteiger partial charge < -0.3 is 4.90 Å². The van der Waals surface area contributed by atoms with Gasteiger partial charge in [-0.05, 0) is 31.2 Å². The van der Waals surface area contributed by atoms with Gasteiger partial charge in [0.25, 0.3) is 0 Å². The maximum atomic E-state index is 12.4. The predicted octanol–water partition coefficient (Wildman–Crippen LogP) is 3.13. The van der Waals surface area contributed by atoms with Crippen LogP contribution in [0.25, 0.3) is 11.4 Å². The Kier molecular flexibility index (Phi) is 5.80. The van der Waals surface area contributed by atoms with E-state index in [2.05, 4.69) is 20.6 Å². The van der Waals surface area contributed by atoms with E-state index in [1.807, 2.05) is 63.3 Å². The fourth-order valence-corrected chi connectivity index (χ4v) is 2.17. The van der Waals surface area contributed by atoms with Crippen LogP contribution >= 0.6 is 0 Å². The number of tetrazole rings is 1. The minimum Gasteiger partial charge on any atom is -0.308 e. The summed E-state index contributed by atoms with van der Waals surface area (Å²) in [6.45, 7) is 6.39. The van der Waals surface area contributed by atoms with Crippen LogP contribution in [0.2, 0.25) is 0 Å². The molecule has 0 saturated carbocycles. The van der Waals surface area contributed by atoms with Gasteiger partial charge in [0, 0.05) is 24.2 Å². The van der Waals surface area contributed by atoms with Gasteiger partial charge in [0.05, 0.1) is 0 Å². The molecule has 0 saturated heterocycles. The van der Waals surface area contributed by atoms with Gasteiger partial charge >= 0.3 is 0 Å². The number of nitrogens with zero attached hydrogens (tertiary/aromatic N) is 4. The Morgan fingerprint density at radius 3 is 2.87 bits per heavy atom. The van der Waals surface area contributed by atoms with Crippen LogP contribution in [0.5, 0.6) is 0 Å². The van der Waals surface area contributed by atoms with Crippen LogP contribution in [0.1, 0.15) is 27.2 Å². The van der Waals surface area contributed by atoms with Gasteiger partial charge in [-0.1, -0.05) is 42.9 Å². The predicted molar refractivity (Wildman–Crippen MR) is 90.8 cm³/mol. The average Bonchev–Trinajstić information content (AvgIpc) is 3.12. The van der Waals surface area contributed by atoms with Crippen molar-refractivity contribution in [2.45, 2.75) is 27.2 Å². The molecule has 120 valence electrons. The lowest BCUT2D eigenvalue weighted by Crippen LogP contribution is -2.31. The highest BCUT2D eigenvalue weighted by atomic mass is 16.2. The topological polar surface area (TPSA) is 74.8 Å². The smallest absolute Gasteiger partial charge is 0.227 e. The first-order valence-corrected chi connectivity index (χ1v) is 7.58. The van der Waals surface area contributed by atoms with Gasteiger partial charge in [-0.3, -0.25) is 4.79 Å². The molecule has 2 aromatic rings. The summed E-state index contributed by atoms with van der Waals surface area (Å²) in [5.41, 5.74) is 2.75. The minimum absolute atomic E-state index is 0.0727. The molecule has 1 amide bonds. The fraction of sp³-hybridized carbons (Fsp3) is 0.294. The molecule has 23 heavy (non-hydrogen) atoms. The molecule has 0 atom stereocenters. The van der Waals surface area contributed by atoms with Crippen LogP contribution in [0.15, 0.2) is 48.1 Å². The van der Waals surface area contributed by atoms with E-state index >= 15 is 0 Å². The maximum Gasteiger partial charge on any atom is 0.227 e. The average molecular weight is 311 g/mol. The third-order valence-electron chi connectivity index (χ3n) is 3.35. The van der Waals surface area contributed by atoms with Crippen molar-refractivity contribution in [3.05, 3.63) is 48.1 Å². The quantitative estimate of drug-likeness (QED) is 0.832. The molecule has 0 bridgehead atoms. The number of aromatic nitrogens is 4. The van der Waals surface area contributed by atoms with Crippen LogP contribution in [-0.4, -0.2) is 33.1 Å². The van der Waals surface area contributed by atoms with Gasteiger partial charge in [0.15, 0.2) is 0 Å². The normalized spacial score (nSPS) is 11.9. The van der Waals surface area contributed by atoms with Crippen molar-refractivity contribution in [1.29, 1.82) is 0 Å². The molecule has 6 nitrogen and oxygen atoms in total. The van der Waals surface area contributed by atoms with Crippen molar-refractivity contribution in [3.63, 3.8) is 0 Å². The zero-order valence-electron chi connectivity index (χ0n) is 13.7. The van der Waals surface area contributed by atoms with Crippen LogP contribution in [0, 0.1) is 0 Å². The van der Waals surface area contributed by atoms with Crippen molar-refractivity contribution in [3.8, 4) is 11.4 Å². The highest BCUT2D eigenvalue weighted by Gasteiger charge is 2.15. The first-order valence-electron chi connectivity index (χ1n) is 7.58. The van der Waals surface area contributed by atoms with E-state index in [0.717, 1.165) is 16.8 Å². The van der Waals surface area contributed by atoms with Crippen molar-refractivity contribution < 1.29 is 4.79 Å². The van der Waals surface area contributed by atoms with E-state index in [9.17, 15) is 4.79 Å². The van der Waals surface area contributed by atoms with E-state index in [-0.39, 0.29) is 5.91 Å². The molecule has 0 fully saturated rings. The lowest BCUT2D eigenvalue weighted by atomic mass is 10.1. The summed E-state index contributed by atoms with van der Waals surface area (Å²) in [4.78, 5) is 14.1. The highest BCUT2D eigenvalue weighted by molar-refractivity contribution is 5.94. The molecule has 0 radical (unpaired) electrons. The number of hydrogen-bond donors (Lipinski definition) is 1. The summed E-state index contributed by atoms with van der Waals surface area (Å²) in [7, 11) is 0. The molecule has 6 heteroatoms. The van der Waals surface area contributed by atoms with Crippen LogP contribution in [0.4, 0.5) is 5.69 Å². The Bertz CT molecular complexity index is 704. The van der Waals surface area contributed by atoms with E-state index in [1.165, 1.54) is 0 Å². The number of nitrogens with one attached hydrogen (secondary N) is 1. The minimum atomic E-state index is 0.0727. The lowest BCUT2D eigenvalue weighted by Gasteiger charge is -2.23. The monoisotopic (exact) mass is 311 g/mol. The number of aromatic amines is 1. The largest absolute Gasteiger partial charge is 0.308 e. The molecular weight excluding hydrogens is 290 g/mol. The third-order valence-corrected chi connectivity index (χ3v) is 3.35. The third kappa shape index (κ3) is 4.35. The van der Waals surface area contributed by atoms with Gasteiger partial charge in [-0.15, -0.1) is 10.2 Å². The molecule has 0 spiro atoms. The van der Waals surface area contributed by atoms with Crippen molar-refractivity contribution in [1.82, 2.24) is 20.6 Å². The standard InChI is InChI=1S/C17H21N5O/c1-4-6-8-13(3)12-22(16(23)5-2)15-10-7-9-14(11-15)17-18-20-21-19-17/h4,6-11H,5,12H2,1-3H3,(H,18,19,20,21)/b6-4-,13-8+. The number of hydrogen-bond acceptors (Lipinski definition) is 4. The van der Waals surface area contributed by atoms with Crippen molar-refractivity contribution in [2.75, 3.05) is 11.4 Å². The number of rotatable bonds is 6. The summed E-state index contributed by atoms with van der Waals surface area (Å²) in [5, 5.41) is 14.0. The number of carbonyl (C=O) groups is 1.